The predicted molar refractivity (Wildman–Crippen MR) is 119 cm³/mol. The third-order valence-electron chi connectivity index (χ3n) is 4.61. The minimum atomic E-state index is -0.334. The van der Waals surface area contributed by atoms with E-state index >= 15 is 0 Å². The number of amides is 1. The van der Waals surface area contributed by atoms with Gasteiger partial charge in [0.05, 0.1) is 23.5 Å². The van der Waals surface area contributed by atoms with E-state index < -0.39 is 0 Å². The van der Waals surface area contributed by atoms with Crippen molar-refractivity contribution in [1.82, 2.24) is 4.98 Å². The maximum atomic E-state index is 12.7. The maximum absolute atomic E-state index is 12.7. The van der Waals surface area contributed by atoms with Crippen LogP contribution in [0, 0.1) is 0 Å². The van der Waals surface area contributed by atoms with Gasteiger partial charge in [-0.05, 0) is 49.4 Å². The van der Waals surface area contributed by atoms with Crippen LogP contribution in [0.3, 0.4) is 0 Å². The number of aromatic nitrogens is 1. The molecule has 1 aromatic heterocycles. The highest BCUT2D eigenvalue weighted by Gasteiger charge is 2.14. The molecule has 0 fully saturated rings. The van der Waals surface area contributed by atoms with Gasteiger partial charge in [0, 0.05) is 27.6 Å². The van der Waals surface area contributed by atoms with E-state index in [-0.39, 0.29) is 11.7 Å². The van der Waals surface area contributed by atoms with Gasteiger partial charge in [0.1, 0.15) is 11.5 Å². The number of hydrogen-bond donors (Lipinski definition) is 2. The van der Waals surface area contributed by atoms with Crippen LogP contribution in [0.4, 0.5) is 5.69 Å². The number of carbonyl (C=O) groups excluding carboxylic acids is 1. The molecule has 5 nitrogen and oxygen atoms in total. The second-order valence-corrected chi connectivity index (χ2v) is 7.09. The first-order valence-corrected chi connectivity index (χ1v) is 9.86. The first-order valence-electron chi connectivity index (χ1n) is 9.48. The fourth-order valence-electron chi connectivity index (χ4n) is 3.18. The Morgan fingerprint density at radius 3 is 2.67 bits per heavy atom. The van der Waals surface area contributed by atoms with Crippen LogP contribution < -0.4 is 10.1 Å². The molecular weight excluding hydrogens is 400 g/mol. The second-order valence-electron chi connectivity index (χ2n) is 6.65. The van der Waals surface area contributed by atoms with E-state index in [9.17, 15) is 9.90 Å². The SMILES string of the molecule is CCOc1cc(-c2cccc(Cl)c2)nc2ccc(C(=O)Nc3ccccc3O)cc12. The van der Waals surface area contributed by atoms with Gasteiger partial charge in [0.2, 0.25) is 0 Å². The molecule has 0 bridgehead atoms. The van der Waals surface area contributed by atoms with Crippen molar-refractivity contribution in [3.63, 3.8) is 0 Å². The van der Waals surface area contributed by atoms with Gasteiger partial charge in [0.25, 0.3) is 5.91 Å². The number of carbonyl (C=O) groups is 1. The molecule has 2 N–H and O–H groups in total. The zero-order chi connectivity index (χ0) is 21.1. The maximum Gasteiger partial charge on any atom is 0.255 e. The Morgan fingerprint density at radius 2 is 1.90 bits per heavy atom. The van der Waals surface area contributed by atoms with Crippen LogP contribution in [0.25, 0.3) is 22.2 Å². The summed E-state index contributed by atoms with van der Waals surface area (Å²) in [4.78, 5) is 17.4. The molecule has 0 aliphatic rings. The van der Waals surface area contributed by atoms with Crippen molar-refractivity contribution in [2.24, 2.45) is 0 Å². The topological polar surface area (TPSA) is 71.5 Å². The van der Waals surface area contributed by atoms with Crippen LogP contribution in [0.1, 0.15) is 17.3 Å². The number of nitrogens with zero attached hydrogens (tertiary/aromatic N) is 1. The van der Waals surface area contributed by atoms with Crippen LogP contribution >= 0.6 is 11.6 Å². The summed E-state index contributed by atoms with van der Waals surface area (Å²) in [6, 6.07) is 21.1. The lowest BCUT2D eigenvalue weighted by Gasteiger charge is -2.12. The highest BCUT2D eigenvalue weighted by atomic mass is 35.5. The lowest BCUT2D eigenvalue weighted by atomic mass is 10.1. The predicted octanol–water partition coefficient (Wildman–Crippen LogP) is 5.91. The molecule has 0 saturated carbocycles. The van der Waals surface area contributed by atoms with Crippen molar-refractivity contribution in [2.45, 2.75) is 6.92 Å². The van der Waals surface area contributed by atoms with Crippen LogP contribution in [0.15, 0.2) is 72.8 Å². The number of ether oxygens (including phenoxy) is 1. The van der Waals surface area contributed by atoms with Crippen molar-refractivity contribution in [1.29, 1.82) is 0 Å². The number of phenols is 1. The highest BCUT2D eigenvalue weighted by Crippen LogP contribution is 2.32. The molecule has 4 rings (SSSR count). The van der Waals surface area contributed by atoms with Crippen LogP contribution in [0.5, 0.6) is 11.5 Å². The lowest BCUT2D eigenvalue weighted by Crippen LogP contribution is -2.12. The van der Waals surface area contributed by atoms with E-state index in [1.165, 1.54) is 6.07 Å². The number of pyridine rings is 1. The third-order valence-corrected chi connectivity index (χ3v) is 4.84. The Morgan fingerprint density at radius 1 is 1.07 bits per heavy atom. The van der Waals surface area contributed by atoms with Gasteiger partial charge >= 0.3 is 0 Å². The first-order chi connectivity index (χ1) is 14.5. The van der Waals surface area contributed by atoms with Gasteiger partial charge in [-0.1, -0.05) is 35.9 Å². The molecule has 150 valence electrons. The Bertz CT molecular complexity index is 1240. The third kappa shape index (κ3) is 4.07. The van der Waals surface area contributed by atoms with Crippen molar-refractivity contribution in [3.8, 4) is 22.8 Å². The van der Waals surface area contributed by atoms with Gasteiger partial charge < -0.3 is 15.2 Å². The number of halogens is 1. The van der Waals surface area contributed by atoms with Gasteiger partial charge in [-0.15, -0.1) is 0 Å². The molecule has 0 radical (unpaired) electrons. The summed E-state index contributed by atoms with van der Waals surface area (Å²) < 4.78 is 5.84. The summed E-state index contributed by atoms with van der Waals surface area (Å²) >= 11 is 6.13. The smallest absolute Gasteiger partial charge is 0.255 e. The molecule has 3 aromatic carbocycles. The van der Waals surface area contributed by atoms with Crippen molar-refractivity contribution in [2.75, 3.05) is 11.9 Å². The molecule has 0 unspecified atom stereocenters. The van der Waals surface area contributed by atoms with E-state index in [0.717, 1.165) is 16.6 Å². The number of para-hydroxylation sites is 2. The number of anilines is 1. The first kappa shape index (κ1) is 19.7. The van der Waals surface area contributed by atoms with Gasteiger partial charge in [-0.25, -0.2) is 4.98 Å². The summed E-state index contributed by atoms with van der Waals surface area (Å²) in [6.07, 6.45) is 0. The van der Waals surface area contributed by atoms with Gasteiger partial charge in [-0.2, -0.15) is 0 Å². The number of nitrogens with one attached hydrogen (secondary N) is 1. The minimum absolute atomic E-state index is 0.00877. The molecule has 1 heterocycles. The van der Waals surface area contributed by atoms with Crippen molar-refractivity contribution >= 4 is 34.1 Å². The van der Waals surface area contributed by atoms with Gasteiger partial charge in [-0.3, -0.25) is 4.79 Å². The van der Waals surface area contributed by atoms with Crippen molar-refractivity contribution < 1.29 is 14.6 Å². The number of aromatic hydroxyl groups is 1. The normalized spacial score (nSPS) is 10.7. The molecule has 0 aliphatic carbocycles. The summed E-state index contributed by atoms with van der Waals surface area (Å²) in [5.41, 5.74) is 3.10. The largest absolute Gasteiger partial charge is 0.506 e. The lowest BCUT2D eigenvalue weighted by molar-refractivity contribution is 0.102. The van der Waals surface area contributed by atoms with Crippen LogP contribution in [-0.2, 0) is 0 Å². The van der Waals surface area contributed by atoms with Gasteiger partial charge in [0.15, 0.2) is 0 Å². The molecular formula is C24H19ClN2O3. The van der Waals surface area contributed by atoms with E-state index in [2.05, 4.69) is 5.32 Å². The molecule has 30 heavy (non-hydrogen) atoms. The number of rotatable bonds is 5. The van der Waals surface area contributed by atoms with E-state index in [0.29, 0.717) is 34.1 Å². The molecule has 0 aliphatic heterocycles. The molecule has 0 spiro atoms. The monoisotopic (exact) mass is 418 g/mol. The summed E-state index contributed by atoms with van der Waals surface area (Å²) in [5.74, 6) is 0.309. The molecule has 0 atom stereocenters. The Hall–Kier alpha value is -3.57. The second kappa shape index (κ2) is 8.43. The zero-order valence-electron chi connectivity index (χ0n) is 16.2. The average Bonchev–Trinajstić information content (AvgIpc) is 2.75. The molecule has 4 aromatic rings. The van der Waals surface area contributed by atoms with E-state index in [1.807, 2.05) is 37.3 Å². The van der Waals surface area contributed by atoms with E-state index in [1.54, 1.807) is 36.4 Å². The Balaban J connectivity index is 1.74. The minimum Gasteiger partial charge on any atom is -0.506 e. The zero-order valence-corrected chi connectivity index (χ0v) is 17.0. The Labute approximate surface area is 178 Å². The van der Waals surface area contributed by atoms with E-state index in [4.69, 9.17) is 21.3 Å². The number of benzene rings is 3. The molecule has 1 amide bonds. The summed E-state index contributed by atoms with van der Waals surface area (Å²) in [7, 11) is 0. The molecule has 6 heteroatoms. The standard InChI is InChI=1S/C24H19ClN2O3/c1-2-30-23-14-21(15-6-5-7-17(25)12-15)26-19-11-10-16(13-18(19)23)24(29)27-20-8-3-4-9-22(20)28/h3-14,28H,2H2,1H3,(H,27,29). The number of fused-ring (bicyclic) bond motifs is 1. The van der Waals surface area contributed by atoms with Crippen LogP contribution in [0.2, 0.25) is 5.02 Å². The average molecular weight is 419 g/mol. The van der Waals surface area contributed by atoms with Crippen LogP contribution in [-0.4, -0.2) is 22.6 Å². The fraction of sp³-hybridized carbons (Fsp3) is 0.0833. The highest BCUT2D eigenvalue weighted by molar-refractivity contribution is 6.30. The Kier molecular flexibility index (Phi) is 5.55. The number of phenolic OH excluding ortho intramolecular Hbond substituents is 1. The summed E-state index contributed by atoms with van der Waals surface area (Å²) in [5, 5.41) is 14.0. The summed E-state index contributed by atoms with van der Waals surface area (Å²) in [6.45, 7) is 2.38. The fourth-order valence-corrected chi connectivity index (χ4v) is 3.37. The number of hydrogen-bond acceptors (Lipinski definition) is 4. The molecule has 0 saturated heterocycles. The quantitative estimate of drug-likeness (QED) is 0.395. The van der Waals surface area contributed by atoms with Crippen molar-refractivity contribution in [3.05, 3.63) is 83.4 Å².